The molecule has 1 aliphatic carbocycles. The molecule has 0 saturated carbocycles. The van der Waals surface area contributed by atoms with Crippen molar-refractivity contribution in [3.8, 4) is 17.1 Å². The summed E-state index contributed by atoms with van der Waals surface area (Å²) in [6.45, 7) is 3.21. The summed E-state index contributed by atoms with van der Waals surface area (Å²) in [5, 5.41) is 3.07. The molecule has 4 rings (SSSR count). The highest BCUT2D eigenvalue weighted by Gasteiger charge is 2.23. The quantitative estimate of drug-likeness (QED) is 0.0870. The molecule has 34 heavy (non-hydrogen) atoms. The number of aryl methyl sites for hydroxylation is 1. The number of hydrogen-bond acceptors (Lipinski definition) is 6. The van der Waals surface area contributed by atoms with Gasteiger partial charge in [0.05, 0.1) is 11.8 Å². The first-order valence-electron chi connectivity index (χ1n) is 11.4. The summed E-state index contributed by atoms with van der Waals surface area (Å²) in [5.41, 5.74) is 2.99. The summed E-state index contributed by atoms with van der Waals surface area (Å²) in [6, 6.07) is 17.5. The third-order valence-electron chi connectivity index (χ3n) is 5.78. The zero-order valence-corrected chi connectivity index (χ0v) is 19.8. The van der Waals surface area contributed by atoms with Crippen molar-refractivity contribution in [2.45, 2.75) is 32.6 Å². The van der Waals surface area contributed by atoms with Crippen molar-refractivity contribution in [1.29, 1.82) is 0 Å². The topological polar surface area (TPSA) is 68.9 Å². The molecule has 0 radical (unpaired) electrons. The van der Waals surface area contributed by atoms with Crippen LogP contribution >= 0.6 is 12.2 Å². The Hall–Kier alpha value is -3.60. The monoisotopic (exact) mass is 471 g/mol. The first-order chi connectivity index (χ1) is 16.6. The largest absolute Gasteiger partial charge is 0.493 e. The maximum absolute atomic E-state index is 13.6. The van der Waals surface area contributed by atoms with Crippen molar-refractivity contribution < 1.29 is 13.9 Å². The van der Waals surface area contributed by atoms with Crippen LogP contribution in [0.3, 0.4) is 0 Å². The van der Waals surface area contributed by atoms with Crippen LogP contribution < -0.4 is 10.2 Å². The summed E-state index contributed by atoms with van der Waals surface area (Å²) in [7, 11) is 0. The van der Waals surface area contributed by atoms with Crippen LogP contribution in [0.1, 0.15) is 47.2 Å². The van der Waals surface area contributed by atoms with Gasteiger partial charge in [-0.1, -0.05) is 30.7 Å². The predicted octanol–water partition coefficient (Wildman–Crippen LogP) is 6.48. The third kappa shape index (κ3) is 5.30. The van der Waals surface area contributed by atoms with Crippen molar-refractivity contribution in [1.82, 2.24) is 0 Å². The number of thiocarbonyl (C=S) groups is 1. The van der Waals surface area contributed by atoms with Gasteiger partial charge in [-0.05, 0) is 68.2 Å². The zero-order valence-electron chi connectivity index (χ0n) is 19.0. The standard InChI is InChI=1S/C28H25NO4S/c1-19-8-4-5-9-22(19)28(31)27-23-12-10-20(30)16-25(23)33-26-17-21(11-13-24(26)27)32-15-7-3-2-6-14-29-18-34/h4-5,8-13,16-17H,2-3,6-7,14-15H2,1H3. The highest BCUT2D eigenvalue weighted by Crippen LogP contribution is 2.36. The molecule has 0 N–H and O–H groups in total. The van der Waals surface area contributed by atoms with Crippen molar-refractivity contribution in [3.05, 3.63) is 87.6 Å². The maximum Gasteiger partial charge on any atom is 0.194 e. The fraction of sp³-hybridized carbons (Fsp3) is 0.250. The summed E-state index contributed by atoms with van der Waals surface area (Å²) in [5.74, 6) is 0.940. The van der Waals surface area contributed by atoms with E-state index >= 15 is 0 Å². The first-order valence-corrected chi connectivity index (χ1v) is 11.8. The van der Waals surface area contributed by atoms with Crippen LogP contribution in [0, 0.1) is 6.92 Å². The van der Waals surface area contributed by atoms with Crippen LogP contribution in [0.5, 0.6) is 5.75 Å². The second-order valence-electron chi connectivity index (χ2n) is 8.17. The number of isothiocyanates is 1. The number of carbonyl (C=O) groups excluding carboxylic acids is 1. The van der Waals surface area contributed by atoms with Gasteiger partial charge in [-0.3, -0.25) is 9.59 Å². The molecule has 2 aromatic rings. The van der Waals surface area contributed by atoms with Gasteiger partial charge >= 0.3 is 0 Å². The maximum atomic E-state index is 13.6. The van der Waals surface area contributed by atoms with E-state index in [4.69, 9.17) is 9.15 Å². The fourth-order valence-electron chi connectivity index (χ4n) is 4.03. The Labute approximate surface area is 203 Å². The fourth-order valence-corrected chi connectivity index (χ4v) is 4.12. The van der Waals surface area contributed by atoms with Crippen molar-refractivity contribution in [2.75, 3.05) is 13.2 Å². The number of unbranched alkanes of at least 4 members (excludes halogenated alkanes) is 3. The predicted molar refractivity (Wildman–Crippen MR) is 138 cm³/mol. The molecule has 5 nitrogen and oxygen atoms in total. The summed E-state index contributed by atoms with van der Waals surface area (Å²) < 4.78 is 12.0. The van der Waals surface area contributed by atoms with Gasteiger partial charge in [-0.15, -0.1) is 0 Å². The minimum Gasteiger partial charge on any atom is -0.493 e. The lowest BCUT2D eigenvalue weighted by atomic mass is 9.91. The lowest BCUT2D eigenvalue weighted by Crippen LogP contribution is -2.09. The molecule has 0 amide bonds. The number of ether oxygens (including phenoxy) is 1. The average molecular weight is 472 g/mol. The Balaban J connectivity index is 1.63. The average Bonchev–Trinajstić information content (AvgIpc) is 2.84. The highest BCUT2D eigenvalue weighted by molar-refractivity contribution is 7.78. The van der Waals surface area contributed by atoms with Gasteiger partial charge in [-0.25, -0.2) is 4.99 Å². The van der Waals surface area contributed by atoms with E-state index in [2.05, 4.69) is 22.4 Å². The number of hydrogen-bond donors (Lipinski definition) is 0. The van der Waals surface area contributed by atoms with Gasteiger partial charge in [0, 0.05) is 40.8 Å². The third-order valence-corrected chi connectivity index (χ3v) is 5.91. The molecule has 172 valence electrons. The summed E-state index contributed by atoms with van der Waals surface area (Å²) >= 11 is 4.57. The number of aliphatic imine (C=N–C) groups is 1. The second kappa shape index (κ2) is 11.0. The van der Waals surface area contributed by atoms with E-state index in [1.165, 1.54) is 12.1 Å². The molecule has 0 saturated heterocycles. The Kier molecular flexibility index (Phi) is 7.63. The summed E-state index contributed by atoms with van der Waals surface area (Å²) in [6.07, 6.45) is 4.01. The molecule has 0 fully saturated rings. The van der Waals surface area contributed by atoms with E-state index in [0.717, 1.165) is 37.8 Å². The van der Waals surface area contributed by atoms with Gasteiger partial charge in [-0.2, -0.15) is 0 Å². The van der Waals surface area contributed by atoms with Crippen LogP contribution in [-0.2, 0) is 0 Å². The molecule has 0 aromatic heterocycles. The Morgan fingerprint density at radius 1 is 1.03 bits per heavy atom. The molecule has 1 heterocycles. The molecule has 0 atom stereocenters. The van der Waals surface area contributed by atoms with Crippen LogP contribution in [0.25, 0.3) is 22.3 Å². The lowest BCUT2D eigenvalue weighted by Gasteiger charge is -2.15. The van der Waals surface area contributed by atoms with Crippen LogP contribution in [0.15, 0.2) is 74.9 Å². The SMILES string of the molecule is Cc1ccccc1C(=O)c1c2ccc(=O)cc-2oc2cc(OCCCCCCN=C=S)ccc12. The molecule has 2 aromatic carbocycles. The molecular formula is C28H25NO4S. The van der Waals surface area contributed by atoms with E-state index in [0.29, 0.717) is 45.8 Å². The number of fused-ring (bicyclic) bond motifs is 2. The number of benzene rings is 3. The minimum absolute atomic E-state index is 0.103. The van der Waals surface area contributed by atoms with E-state index in [-0.39, 0.29) is 11.2 Å². The second-order valence-corrected chi connectivity index (χ2v) is 8.36. The zero-order chi connectivity index (χ0) is 23.9. The van der Waals surface area contributed by atoms with Crippen LogP contribution in [0.4, 0.5) is 0 Å². The van der Waals surface area contributed by atoms with Crippen LogP contribution in [0.2, 0.25) is 0 Å². The minimum atomic E-state index is -0.173. The molecule has 2 aliphatic rings. The first kappa shape index (κ1) is 23.6. The normalized spacial score (nSPS) is 10.9. The lowest BCUT2D eigenvalue weighted by molar-refractivity contribution is 0.104. The highest BCUT2D eigenvalue weighted by atomic mass is 32.1. The van der Waals surface area contributed by atoms with Crippen LogP contribution in [-0.4, -0.2) is 24.1 Å². The number of nitrogens with zero attached hydrogens (tertiary/aromatic N) is 1. The van der Waals surface area contributed by atoms with Gasteiger partial charge in [0.1, 0.15) is 17.1 Å². The van der Waals surface area contributed by atoms with Crippen molar-refractivity contribution in [2.24, 2.45) is 4.99 Å². The number of rotatable bonds is 10. The summed E-state index contributed by atoms with van der Waals surface area (Å²) in [4.78, 5) is 29.5. The van der Waals surface area contributed by atoms with Gasteiger partial charge in [0.15, 0.2) is 11.2 Å². The smallest absolute Gasteiger partial charge is 0.194 e. The molecule has 0 bridgehead atoms. The van der Waals surface area contributed by atoms with E-state index in [9.17, 15) is 9.59 Å². The van der Waals surface area contributed by atoms with Crippen molar-refractivity contribution in [3.63, 3.8) is 0 Å². The van der Waals surface area contributed by atoms with Gasteiger partial charge in [0.2, 0.25) is 0 Å². The molecule has 0 unspecified atom stereocenters. The molecular weight excluding hydrogens is 446 g/mol. The molecule has 0 spiro atoms. The Bertz CT molecular complexity index is 1400. The van der Waals surface area contributed by atoms with E-state index in [1.807, 2.05) is 43.3 Å². The van der Waals surface area contributed by atoms with E-state index in [1.54, 1.807) is 12.1 Å². The van der Waals surface area contributed by atoms with Gasteiger partial charge < -0.3 is 9.15 Å². The Morgan fingerprint density at radius 3 is 2.68 bits per heavy atom. The van der Waals surface area contributed by atoms with Crippen molar-refractivity contribution >= 4 is 34.1 Å². The molecule has 6 heteroatoms. The number of carbonyl (C=O) groups is 1. The molecule has 1 aliphatic heterocycles. The Morgan fingerprint density at radius 2 is 1.85 bits per heavy atom. The number of ketones is 1. The van der Waals surface area contributed by atoms with E-state index < -0.39 is 0 Å². The van der Waals surface area contributed by atoms with Gasteiger partial charge in [0.25, 0.3) is 0 Å².